The van der Waals surface area contributed by atoms with Crippen LogP contribution in [0.3, 0.4) is 0 Å². The summed E-state index contributed by atoms with van der Waals surface area (Å²) in [6.45, 7) is 9.94. The molecule has 1 N–H and O–H groups in total. The monoisotopic (exact) mass is 540 g/mol. The van der Waals surface area contributed by atoms with Crippen LogP contribution in [0.4, 0.5) is 5.69 Å². The van der Waals surface area contributed by atoms with Crippen molar-refractivity contribution in [2.75, 3.05) is 5.32 Å². The van der Waals surface area contributed by atoms with Crippen LogP contribution in [0.1, 0.15) is 40.2 Å². The van der Waals surface area contributed by atoms with Crippen LogP contribution in [-0.2, 0) is 10.2 Å². The molecule has 0 spiro atoms. The first-order valence-corrected chi connectivity index (χ1v) is 12.1. The van der Waals surface area contributed by atoms with Crippen LogP contribution in [0.25, 0.3) is 22.6 Å². The number of hydrogen-bond acceptors (Lipinski definition) is 4. The van der Waals surface area contributed by atoms with Crippen molar-refractivity contribution in [3.63, 3.8) is 0 Å². The van der Waals surface area contributed by atoms with Gasteiger partial charge in [0, 0.05) is 10.2 Å². The summed E-state index contributed by atoms with van der Waals surface area (Å²) >= 11 is 9.76. The molecule has 0 fully saturated rings. The highest BCUT2D eigenvalue weighted by Crippen LogP contribution is 2.33. The van der Waals surface area contributed by atoms with Gasteiger partial charge in [-0.25, -0.2) is 4.98 Å². The third kappa shape index (κ3) is 5.29. The number of nitrogens with zero attached hydrogens (tertiary/aromatic N) is 1. The topological polar surface area (TPSA) is 64.4 Å². The van der Waals surface area contributed by atoms with Crippen LogP contribution >= 0.6 is 27.5 Å². The fourth-order valence-corrected chi connectivity index (χ4v) is 3.99. The van der Waals surface area contributed by atoms with E-state index < -0.39 is 5.60 Å². The predicted molar refractivity (Wildman–Crippen MR) is 141 cm³/mol. The second-order valence-corrected chi connectivity index (χ2v) is 11.0. The average Bonchev–Trinajstić information content (AvgIpc) is 3.18. The lowest BCUT2D eigenvalue weighted by atomic mass is 9.87. The number of benzene rings is 3. The van der Waals surface area contributed by atoms with Gasteiger partial charge >= 0.3 is 0 Å². The SMILES string of the molecule is CC(C)(Oc1ccc(C(C)(C)C)cc1)C(=O)Nc1ccc2oc(-c3cc(Br)ccc3Cl)nc2c1. The molecule has 0 aliphatic heterocycles. The maximum Gasteiger partial charge on any atom is 0.267 e. The number of amides is 1. The zero-order chi connectivity index (χ0) is 24.7. The molecule has 7 heteroatoms. The van der Waals surface area contributed by atoms with Gasteiger partial charge in [0.15, 0.2) is 11.2 Å². The molecule has 0 aliphatic carbocycles. The molecule has 1 amide bonds. The minimum absolute atomic E-state index is 0.0490. The van der Waals surface area contributed by atoms with E-state index >= 15 is 0 Å². The molecule has 4 rings (SSSR count). The van der Waals surface area contributed by atoms with Gasteiger partial charge in [0.2, 0.25) is 5.89 Å². The lowest BCUT2D eigenvalue weighted by molar-refractivity contribution is -0.128. The van der Waals surface area contributed by atoms with Crippen molar-refractivity contribution in [3.05, 3.63) is 75.7 Å². The van der Waals surface area contributed by atoms with Gasteiger partial charge in [0.1, 0.15) is 11.3 Å². The van der Waals surface area contributed by atoms with Crippen molar-refractivity contribution < 1.29 is 13.9 Å². The van der Waals surface area contributed by atoms with E-state index in [-0.39, 0.29) is 11.3 Å². The number of hydrogen-bond donors (Lipinski definition) is 1. The molecule has 0 saturated carbocycles. The molecule has 5 nitrogen and oxygen atoms in total. The number of oxazole rings is 1. The molecule has 0 unspecified atom stereocenters. The van der Waals surface area contributed by atoms with Gasteiger partial charge in [-0.3, -0.25) is 4.79 Å². The summed E-state index contributed by atoms with van der Waals surface area (Å²) in [4.78, 5) is 17.6. The Morgan fingerprint density at radius 3 is 2.38 bits per heavy atom. The van der Waals surface area contributed by atoms with E-state index in [1.165, 1.54) is 5.56 Å². The highest BCUT2D eigenvalue weighted by Gasteiger charge is 2.30. The van der Waals surface area contributed by atoms with Crippen LogP contribution < -0.4 is 10.1 Å². The third-order valence-corrected chi connectivity index (χ3v) is 6.27. The van der Waals surface area contributed by atoms with Gasteiger partial charge in [0.25, 0.3) is 5.91 Å². The lowest BCUT2D eigenvalue weighted by Crippen LogP contribution is -2.42. The number of rotatable bonds is 5. The molecular weight excluding hydrogens is 516 g/mol. The van der Waals surface area contributed by atoms with Gasteiger partial charge in [-0.1, -0.05) is 60.4 Å². The molecule has 34 heavy (non-hydrogen) atoms. The summed E-state index contributed by atoms with van der Waals surface area (Å²) in [5.74, 6) is 0.772. The molecule has 3 aromatic carbocycles. The Morgan fingerprint density at radius 1 is 1.00 bits per heavy atom. The standard InChI is InChI=1S/C27H26BrClN2O3/c1-26(2,3)16-6-10-19(11-7-16)34-27(4,5)25(32)30-18-9-13-23-22(15-18)31-24(33-23)20-14-17(28)8-12-21(20)29/h6-15H,1-5H3,(H,30,32). The highest BCUT2D eigenvalue weighted by atomic mass is 79.9. The number of carbonyl (C=O) groups is 1. The first-order valence-electron chi connectivity index (χ1n) is 10.9. The van der Waals surface area contributed by atoms with Gasteiger partial charge in [-0.15, -0.1) is 0 Å². The average molecular weight is 542 g/mol. The van der Waals surface area contributed by atoms with Gasteiger partial charge in [-0.2, -0.15) is 0 Å². The van der Waals surface area contributed by atoms with Crippen LogP contribution in [0.5, 0.6) is 5.75 Å². The molecule has 0 saturated heterocycles. The number of fused-ring (bicyclic) bond motifs is 1. The first kappa shape index (κ1) is 24.3. The first-order chi connectivity index (χ1) is 15.9. The summed E-state index contributed by atoms with van der Waals surface area (Å²) in [5.41, 5.74) is 2.65. The van der Waals surface area contributed by atoms with Crippen LogP contribution in [0.15, 0.2) is 69.6 Å². The van der Waals surface area contributed by atoms with Crippen molar-refractivity contribution in [1.82, 2.24) is 4.98 Å². The van der Waals surface area contributed by atoms with E-state index in [9.17, 15) is 4.79 Å². The van der Waals surface area contributed by atoms with E-state index in [2.05, 4.69) is 47.0 Å². The fraction of sp³-hybridized carbons (Fsp3) is 0.259. The smallest absolute Gasteiger partial charge is 0.267 e. The number of carbonyl (C=O) groups excluding carboxylic acids is 1. The van der Waals surface area contributed by atoms with Crippen LogP contribution in [-0.4, -0.2) is 16.5 Å². The number of anilines is 1. The molecule has 4 aromatic rings. The quantitative estimate of drug-likeness (QED) is 0.278. The van der Waals surface area contributed by atoms with Crippen molar-refractivity contribution >= 4 is 50.2 Å². The van der Waals surface area contributed by atoms with Crippen molar-refractivity contribution in [2.24, 2.45) is 0 Å². The Hall–Kier alpha value is -2.83. The summed E-state index contributed by atoms with van der Waals surface area (Å²) in [6.07, 6.45) is 0. The van der Waals surface area contributed by atoms with Gasteiger partial charge < -0.3 is 14.5 Å². The maximum atomic E-state index is 13.0. The molecule has 176 valence electrons. The summed E-state index contributed by atoms with van der Waals surface area (Å²) in [5, 5.41) is 3.46. The molecule has 0 aliphatic rings. The van der Waals surface area contributed by atoms with Crippen molar-refractivity contribution in [3.8, 4) is 17.2 Å². The summed E-state index contributed by atoms with van der Waals surface area (Å²) in [6, 6.07) is 18.6. The molecule has 1 heterocycles. The Bertz CT molecular complexity index is 1350. The largest absolute Gasteiger partial charge is 0.478 e. The molecule has 0 radical (unpaired) electrons. The minimum atomic E-state index is -1.09. The van der Waals surface area contributed by atoms with Gasteiger partial charge in [-0.05, 0) is 73.4 Å². The maximum absolute atomic E-state index is 13.0. The van der Waals surface area contributed by atoms with E-state index in [1.807, 2.05) is 36.4 Å². The second kappa shape index (κ2) is 9.08. The van der Waals surface area contributed by atoms with Crippen molar-refractivity contribution in [2.45, 2.75) is 45.6 Å². The molecule has 1 aromatic heterocycles. The Balaban J connectivity index is 1.51. The normalized spacial score (nSPS) is 12.1. The number of aromatic nitrogens is 1. The van der Waals surface area contributed by atoms with E-state index in [1.54, 1.807) is 38.1 Å². The molecule has 0 bridgehead atoms. The zero-order valence-corrected chi connectivity index (χ0v) is 22.0. The molecule has 0 atom stereocenters. The fourth-order valence-electron chi connectivity index (χ4n) is 3.43. The number of ether oxygens (including phenoxy) is 1. The predicted octanol–water partition coefficient (Wildman–Crippen LogP) is 8.00. The zero-order valence-electron chi connectivity index (χ0n) is 19.7. The Labute approximate surface area is 212 Å². The minimum Gasteiger partial charge on any atom is -0.478 e. The van der Waals surface area contributed by atoms with Crippen LogP contribution in [0.2, 0.25) is 5.02 Å². The lowest BCUT2D eigenvalue weighted by Gasteiger charge is -2.26. The third-order valence-electron chi connectivity index (χ3n) is 5.44. The second-order valence-electron chi connectivity index (χ2n) is 9.67. The van der Waals surface area contributed by atoms with Crippen molar-refractivity contribution in [1.29, 1.82) is 0 Å². The number of nitrogens with one attached hydrogen (secondary N) is 1. The van der Waals surface area contributed by atoms with E-state index in [0.29, 0.717) is 39.0 Å². The van der Waals surface area contributed by atoms with Gasteiger partial charge in [0.05, 0.1) is 10.6 Å². The number of halogens is 2. The van der Waals surface area contributed by atoms with Crippen LogP contribution in [0, 0.1) is 0 Å². The van der Waals surface area contributed by atoms with E-state index in [4.69, 9.17) is 20.8 Å². The Morgan fingerprint density at radius 2 is 1.71 bits per heavy atom. The Kier molecular flexibility index (Phi) is 6.49. The summed E-state index contributed by atoms with van der Waals surface area (Å²) < 4.78 is 12.8. The summed E-state index contributed by atoms with van der Waals surface area (Å²) in [7, 11) is 0. The highest BCUT2D eigenvalue weighted by molar-refractivity contribution is 9.10. The molecular formula is C27H26BrClN2O3. The van der Waals surface area contributed by atoms with E-state index in [0.717, 1.165) is 4.47 Å².